The molecule has 2 N–H and O–H groups in total. The number of aliphatic hydroxyl groups excluding tert-OH is 1. The van der Waals surface area contributed by atoms with E-state index in [0.29, 0.717) is 5.92 Å². The van der Waals surface area contributed by atoms with Crippen LogP contribution in [-0.2, 0) is 7.05 Å². The number of piperidine rings is 1. The maximum absolute atomic E-state index is 10.2. The summed E-state index contributed by atoms with van der Waals surface area (Å²) < 4.78 is 3.94. The van der Waals surface area contributed by atoms with Crippen molar-refractivity contribution in [3.8, 4) is 10.4 Å². The zero-order chi connectivity index (χ0) is 18.5. The van der Waals surface area contributed by atoms with Gasteiger partial charge in [-0.15, -0.1) is 0 Å². The summed E-state index contributed by atoms with van der Waals surface area (Å²) in [4.78, 5) is 7.08. The Hall–Kier alpha value is -2.22. The van der Waals surface area contributed by atoms with Crippen molar-refractivity contribution in [3.63, 3.8) is 0 Å². The van der Waals surface area contributed by atoms with E-state index in [4.69, 9.17) is 4.98 Å². The van der Waals surface area contributed by atoms with Crippen molar-refractivity contribution in [2.45, 2.75) is 31.8 Å². The molecule has 0 spiro atoms. The maximum Gasteiger partial charge on any atom is 0.194 e. The molecule has 1 fully saturated rings. The van der Waals surface area contributed by atoms with Gasteiger partial charge in [0.1, 0.15) is 0 Å². The summed E-state index contributed by atoms with van der Waals surface area (Å²) >= 11 is 1.70. The Morgan fingerprint density at radius 3 is 2.78 bits per heavy atom. The lowest BCUT2D eigenvalue weighted by Gasteiger charge is -2.20. The van der Waals surface area contributed by atoms with Gasteiger partial charge in [0.2, 0.25) is 0 Å². The summed E-state index contributed by atoms with van der Waals surface area (Å²) in [7, 11) is 1.91. The van der Waals surface area contributed by atoms with Crippen molar-refractivity contribution in [1.82, 2.24) is 24.5 Å². The molecular formula is C20H23N5OS. The van der Waals surface area contributed by atoms with Crippen LogP contribution in [0.25, 0.3) is 26.3 Å². The number of hydrogen-bond donors (Lipinski definition) is 2. The van der Waals surface area contributed by atoms with E-state index in [2.05, 4.69) is 39.3 Å². The SMILES string of the molecule is C[C@@H](O)c1cc(-c2cn3cc(C4CCNCC4)nc3s2)cc2cn(C)nc12. The molecule has 27 heavy (non-hydrogen) atoms. The van der Waals surface area contributed by atoms with Gasteiger partial charge in [-0.2, -0.15) is 5.10 Å². The van der Waals surface area contributed by atoms with Gasteiger partial charge in [-0.3, -0.25) is 9.08 Å². The number of thiazole rings is 1. The third kappa shape index (κ3) is 2.96. The monoisotopic (exact) mass is 381 g/mol. The number of aliphatic hydroxyl groups is 1. The lowest BCUT2D eigenvalue weighted by molar-refractivity contribution is 0.200. The van der Waals surface area contributed by atoms with Gasteiger partial charge in [-0.1, -0.05) is 11.3 Å². The Morgan fingerprint density at radius 2 is 2.04 bits per heavy atom. The number of nitrogens with zero attached hydrogens (tertiary/aromatic N) is 4. The first kappa shape index (κ1) is 16.9. The minimum Gasteiger partial charge on any atom is -0.389 e. The number of nitrogens with one attached hydrogen (secondary N) is 1. The second-order valence-corrected chi connectivity index (χ2v) is 8.47. The molecule has 1 aromatic carbocycles. The van der Waals surface area contributed by atoms with Gasteiger partial charge in [-0.05, 0) is 50.6 Å². The van der Waals surface area contributed by atoms with Crippen molar-refractivity contribution in [1.29, 1.82) is 0 Å². The number of imidazole rings is 1. The van der Waals surface area contributed by atoms with Crippen LogP contribution in [0.4, 0.5) is 0 Å². The summed E-state index contributed by atoms with van der Waals surface area (Å²) in [6.07, 6.45) is 8.10. The van der Waals surface area contributed by atoms with Gasteiger partial charge in [0, 0.05) is 42.5 Å². The first-order valence-corrected chi connectivity index (χ1v) is 10.2. The third-order valence-electron chi connectivity index (χ3n) is 5.42. The normalized spacial score (nSPS) is 17.1. The van der Waals surface area contributed by atoms with Crippen molar-refractivity contribution in [2.75, 3.05) is 13.1 Å². The molecule has 1 atom stereocenters. The molecule has 1 aliphatic rings. The Bertz CT molecular complexity index is 1080. The first-order chi connectivity index (χ1) is 13.1. The van der Waals surface area contributed by atoms with E-state index < -0.39 is 6.10 Å². The van der Waals surface area contributed by atoms with Crippen molar-refractivity contribution < 1.29 is 5.11 Å². The molecule has 6 nitrogen and oxygen atoms in total. The van der Waals surface area contributed by atoms with Gasteiger partial charge >= 0.3 is 0 Å². The summed E-state index contributed by atoms with van der Waals surface area (Å²) in [5, 5.41) is 19.2. The molecule has 4 heterocycles. The van der Waals surface area contributed by atoms with Gasteiger partial charge in [0.05, 0.1) is 22.2 Å². The molecule has 5 rings (SSSR count). The van der Waals surface area contributed by atoms with Crippen LogP contribution >= 0.6 is 11.3 Å². The first-order valence-electron chi connectivity index (χ1n) is 9.43. The molecule has 0 saturated carbocycles. The van der Waals surface area contributed by atoms with Crippen LogP contribution in [0.2, 0.25) is 0 Å². The number of aromatic nitrogens is 4. The lowest BCUT2D eigenvalue weighted by Crippen LogP contribution is -2.26. The quantitative estimate of drug-likeness (QED) is 0.570. The summed E-state index contributed by atoms with van der Waals surface area (Å²) in [5.41, 5.74) is 4.04. The van der Waals surface area contributed by atoms with E-state index in [-0.39, 0.29) is 0 Å². The van der Waals surface area contributed by atoms with E-state index >= 15 is 0 Å². The molecule has 0 aliphatic carbocycles. The molecule has 1 aliphatic heterocycles. The largest absolute Gasteiger partial charge is 0.389 e. The fraction of sp³-hybridized carbons (Fsp3) is 0.400. The topological polar surface area (TPSA) is 67.4 Å². The molecule has 0 amide bonds. The van der Waals surface area contributed by atoms with Crippen LogP contribution in [0.3, 0.4) is 0 Å². The fourth-order valence-corrected chi connectivity index (χ4v) is 4.96. The standard InChI is InChI=1S/C20H23N5OS/c1-12(26)16-8-14(7-15-9-24(2)23-19(15)16)18-11-25-10-17(22-20(25)27-18)13-3-5-21-6-4-13/h7-13,21,26H,3-6H2,1-2H3/t12-/m1/s1. The molecular weight excluding hydrogens is 358 g/mol. The van der Waals surface area contributed by atoms with Gasteiger partial charge in [0.25, 0.3) is 0 Å². The number of rotatable bonds is 3. The Labute approximate surface area is 161 Å². The number of hydrogen-bond acceptors (Lipinski definition) is 5. The van der Waals surface area contributed by atoms with Gasteiger partial charge in [-0.25, -0.2) is 4.98 Å². The fourth-order valence-electron chi connectivity index (χ4n) is 4.00. The van der Waals surface area contributed by atoms with Crippen molar-refractivity contribution >= 4 is 27.2 Å². The highest BCUT2D eigenvalue weighted by atomic mass is 32.1. The Kier molecular flexibility index (Phi) is 4.03. The predicted octanol–water partition coefficient (Wildman–Crippen LogP) is 3.47. The van der Waals surface area contributed by atoms with E-state index in [1.54, 1.807) is 22.9 Å². The minimum absolute atomic E-state index is 0.557. The third-order valence-corrected chi connectivity index (χ3v) is 6.46. The highest BCUT2D eigenvalue weighted by Crippen LogP contribution is 2.35. The average Bonchev–Trinajstić information content (AvgIpc) is 3.32. The zero-order valence-corrected chi connectivity index (χ0v) is 16.3. The molecule has 140 valence electrons. The molecule has 0 unspecified atom stereocenters. The molecule has 7 heteroatoms. The molecule has 1 saturated heterocycles. The highest BCUT2D eigenvalue weighted by molar-refractivity contribution is 7.20. The van der Waals surface area contributed by atoms with Gasteiger partial charge in [0.15, 0.2) is 4.96 Å². The second-order valence-electron chi connectivity index (χ2n) is 7.46. The smallest absolute Gasteiger partial charge is 0.194 e. The molecule has 3 aromatic heterocycles. The maximum atomic E-state index is 10.2. The van der Waals surface area contributed by atoms with E-state index in [1.807, 2.05) is 13.2 Å². The van der Waals surface area contributed by atoms with Crippen LogP contribution in [0.5, 0.6) is 0 Å². The minimum atomic E-state index is -0.557. The second kappa shape index (κ2) is 6.44. The molecule has 0 bridgehead atoms. The average molecular weight is 382 g/mol. The van der Waals surface area contributed by atoms with Gasteiger partial charge < -0.3 is 10.4 Å². The zero-order valence-electron chi connectivity index (χ0n) is 15.5. The molecule has 0 radical (unpaired) electrons. The highest BCUT2D eigenvalue weighted by Gasteiger charge is 2.20. The Morgan fingerprint density at radius 1 is 1.22 bits per heavy atom. The summed E-state index contributed by atoms with van der Waals surface area (Å²) in [6.45, 7) is 3.95. The van der Waals surface area contributed by atoms with Crippen molar-refractivity contribution in [2.24, 2.45) is 7.05 Å². The van der Waals surface area contributed by atoms with Crippen LogP contribution in [0.15, 0.2) is 30.7 Å². The summed E-state index contributed by atoms with van der Waals surface area (Å²) in [5.74, 6) is 0.565. The summed E-state index contributed by atoms with van der Waals surface area (Å²) in [6, 6.07) is 4.20. The van der Waals surface area contributed by atoms with E-state index in [1.165, 1.54) is 5.69 Å². The van der Waals surface area contributed by atoms with Crippen LogP contribution in [-0.4, -0.2) is 37.4 Å². The molecule has 4 aromatic rings. The van der Waals surface area contributed by atoms with E-state index in [9.17, 15) is 5.11 Å². The van der Waals surface area contributed by atoms with Crippen molar-refractivity contribution in [3.05, 3.63) is 42.0 Å². The lowest BCUT2D eigenvalue weighted by atomic mass is 9.95. The van der Waals surface area contributed by atoms with E-state index in [0.717, 1.165) is 57.8 Å². The number of benzene rings is 1. The number of fused-ring (bicyclic) bond motifs is 2. The number of aryl methyl sites for hydroxylation is 1. The Balaban J connectivity index is 1.55. The van der Waals surface area contributed by atoms with Crippen LogP contribution in [0.1, 0.15) is 43.0 Å². The van der Waals surface area contributed by atoms with Crippen LogP contribution in [0, 0.1) is 0 Å². The predicted molar refractivity (Wildman–Crippen MR) is 108 cm³/mol. The van der Waals surface area contributed by atoms with Crippen LogP contribution < -0.4 is 5.32 Å².